The number of rotatable bonds is 0. The number of piperidine rings is 1. The molecule has 2 N–H and O–H groups in total. The Morgan fingerprint density at radius 1 is 1.33 bits per heavy atom. The molecule has 1 spiro atoms. The molecule has 1 aromatic carbocycles. The molecule has 0 bridgehead atoms. The van der Waals surface area contributed by atoms with Gasteiger partial charge in [0.25, 0.3) is 0 Å². The Bertz CT molecular complexity index is 450. The summed E-state index contributed by atoms with van der Waals surface area (Å²) in [6, 6.07) is 6.49. The van der Waals surface area contributed by atoms with Crippen LogP contribution in [0.25, 0.3) is 0 Å². The summed E-state index contributed by atoms with van der Waals surface area (Å²) in [5.74, 6) is 1.00. The van der Waals surface area contributed by atoms with Crippen molar-refractivity contribution in [2.24, 2.45) is 5.73 Å². The van der Waals surface area contributed by atoms with Crippen LogP contribution in [0.1, 0.15) is 36.4 Å². The Labute approximate surface area is 109 Å². The van der Waals surface area contributed by atoms with Crippen LogP contribution in [0.5, 0.6) is 5.75 Å². The Balaban J connectivity index is 1.89. The van der Waals surface area contributed by atoms with E-state index in [1.807, 2.05) is 0 Å². The molecule has 0 amide bonds. The minimum absolute atomic E-state index is 0.0197. The molecule has 1 saturated heterocycles. The van der Waals surface area contributed by atoms with Crippen molar-refractivity contribution in [3.05, 3.63) is 29.3 Å². The van der Waals surface area contributed by atoms with Gasteiger partial charge >= 0.3 is 0 Å². The molecule has 0 unspecified atom stereocenters. The lowest BCUT2D eigenvalue weighted by atomic mass is 9.81. The molecule has 3 rings (SSSR count). The van der Waals surface area contributed by atoms with Crippen LogP contribution in [0.15, 0.2) is 18.2 Å². The lowest BCUT2D eigenvalue weighted by Gasteiger charge is -2.45. The number of fused-ring (bicyclic) bond motifs is 1. The molecule has 0 radical (unpaired) electrons. The zero-order chi connectivity index (χ0) is 12.8. The predicted molar refractivity (Wildman–Crippen MR) is 72.8 cm³/mol. The van der Waals surface area contributed by atoms with Gasteiger partial charge < -0.3 is 15.4 Å². The molecule has 18 heavy (non-hydrogen) atoms. The van der Waals surface area contributed by atoms with Gasteiger partial charge in [0.1, 0.15) is 11.4 Å². The summed E-state index contributed by atoms with van der Waals surface area (Å²) in [6.07, 6.45) is 3.13. The zero-order valence-electron chi connectivity index (χ0n) is 11.3. The standard InChI is InChI=1S/C15H22N2O/c1-11-3-4-14-12(9-11)13(16)10-15(18-14)5-7-17(2)8-6-15/h3-4,9,13H,5-8,10,16H2,1-2H3/t13-/m0/s1. The van der Waals surface area contributed by atoms with E-state index in [-0.39, 0.29) is 11.6 Å². The van der Waals surface area contributed by atoms with Crippen molar-refractivity contribution in [3.8, 4) is 5.75 Å². The third-order valence-electron chi connectivity index (χ3n) is 4.38. The molecule has 3 nitrogen and oxygen atoms in total. The van der Waals surface area contributed by atoms with Crippen LogP contribution in [-0.2, 0) is 0 Å². The Kier molecular flexibility index (Phi) is 2.83. The van der Waals surface area contributed by atoms with Crippen molar-refractivity contribution in [1.82, 2.24) is 4.90 Å². The summed E-state index contributed by atoms with van der Waals surface area (Å²) in [6.45, 7) is 4.31. The van der Waals surface area contributed by atoms with E-state index in [1.54, 1.807) is 0 Å². The van der Waals surface area contributed by atoms with Crippen LogP contribution in [0.4, 0.5) is 0 Å². The molecule has 0 saturated carbocycles. The molecule has 0 aliphatic carbocycles. The highest BCUT2D eigenvalue weighted by molar-refractivity contribution is 5.41. The van der Waals surface area contributed by atoms with Crippen LogP contribution < -0.4 is 10.5 Å². The highest BCUT2D eigenvalue weighted by Gasteiger charge is 2.41. The minimum atomic E-state index is -0.0197. The van der Waals surface area contributed by atoms with Crippen LogP contribution in [0.3, 0.4) is 0 Å². The lowest BCUT2D eigenvalue weighted by Crippen LogP contribution is -2.50. The van der Waals surface area contributed by atoms with E-state index in [0.717, 1.165) is 38.1 Å². The van der Waals surface area contributed by atoms with Gasteiger partial charge in [0.05, 0.1) is 0 Å². The molecule has 2 aliphatic rings. The number of ether oxygens (including phenoxy) is 1. The average molecular weight is 246 g/mol. The van der Waals surface area contributed by atoms with Gasteiger partial charge in [0.15, 0.2) is 0 Å². The van der Waals surface area contributed by atoms with Crippen molar-refractivity contribution in [1.29, 1.82) is 0 Å². The molecule has 1 aromatic rings. The van der Waals surface area contributed by atoms with Crippen LogP contribution in [0.2, 0.25) is 0 Å². The van der Waals surface area contributed by atoms with E-state index in [4.69, 9.17) is 10.5 Å². The predicted octanol–water partition coefficient (Wildman–Crippen LogP) is 2.24. The smallest absolute Gasteiger partial charge is 0.124 e. The molecular weight excluding hydrogens is 224 g/mol. The van der Waals surface area contributed by atoms with E-state index in [9.17, 15) is 0 Å². The fourth-order valence-electron chi connectivity index (χ4n) is 3.17. The highest BCUT2D eigenvalue weighted by atomic mass is 16.5. The number of benzene rings is 1. The summed E-state index contributed by atoms with van der Waals surface area (Å²) in [5, 5.41) is 0. The third-order valence-corrected chi connectivity index (χ3v) is 4.38. The molecule has 1 fully saturated rings. The number of hydrogen-bond acceptors (Lipinski definition) is 3. The molecular formula is C15H22N2O. The Morgan fingerprint density at radius 3 is 2.78 bits per heavy atom. The van der Waals surface area contributed by atoms with Gasteiger partial charge in [0.2, 0.25) is 0 Å². The second kappa shape index (κ2) is 4.25. The normalized spacial score (nSPS) is 26.7. The van der Waals surface area contributed by atoms with Gasteiger partial charge in [-0.1, -0.05) is 17.7 Å². The van der Waals surface area contributed by atoms with Gasteiger partial charge in [-0.15, -0.1) is 0 Å². The summed E-state index contributed by atoms with van der Waals surface area (Å²) in [4.78, 5) is 2.37. The first-order valence-corrected chi connectivity index (χ1v) is 6.82. The molecule has 2 heterocycles. The second-order valence-corrected chi connectivity index (χ2v) is 5.94. The Hall–Kier alpha value is -1.06. The maximum Gasteiger partial charge on any atom is 0.124 e. The highest BCUT2D eigenvalue weighted by Crippen LogP contribution is 2.43. The largest absolute Gasteiger partial charge is 0.487 e. The number of likely N-dealkylation sites (tertiary alicyclic amines) is 1. The van der Waals surface area contributed by atoms with Crippen molar-refractivity contribution in [2.45, 2.75) is 37.8 Å². The second-order valence-electron chi connectivity index (χ2n) is 5.94. The van der Waals surface area contributed by atoms with E-state index >= 15 is 0 Å². The van der Waals surface area contributed by atoms with Crippen molar-refractivity contribution in [3.63, 3.8) is 0 Å². The molecule has 0 aromatic heterocycles. The summed E-state index contributed by atoms with van der Waals surface area (Å²) < 4.78 is 6.33. The molecule has 1 atom stereocenters. The fraction of sp³-hybridized carbons (Fsp3) is 0.600. The van der Waals surface area contributed by atoms with Crippen molar-refractivity contribution >= 4 is 0 Å². The summed E-state index contributed by atoms with van der Waals surface area (Å²) >= 11 is 0. The zero-order valence-corrected chi connectivity index (χ0v) is 11.3. The van der Waals surface area contributed by atoms with Crippen LogP contribution in [0, 0.1) is 6.92 Å². The number of hydrogen-bond donors (Lipinski definition) is 1. The number of nitrogens with zero attached hydrogens (tertiary/aromatic N) is 1. The SMILES string of the molecule is Cc1ccc2c(c1)[C@@H](N)CC1(CCN(C)CC1)O2. The van der Waals surface area contributed by atoms with Crippen LogP contribution in [-0.4, -0.2) is 30.6 Å². The minimum Gasteiger partial charge on any atom is -0.487 e. The quantitative estimate of drug-likeness (QED) is 0.763. The number of aryl methyl sites for hydroxylation is 1. The van der Waals surface area contributed by atoms with E-state index in [2.05, 4.69) is 37.1 Å². The topological polar surface area (TPSA) is 38.5 Å². The Morgan fingerprint density at radius 2 is 2.06 bits per heavy atom. The van der Waals surface area contributed by atoms with Gasteiger partial charge in [-0.2, -0.15) is 0 Å². The first-order chi connectivity index (χ1) is 8.58. The number of nitrogens with two attached hydrogens (primary N) is 1. The summed E-state index contributed by atoms with van der Waals surface area (Å²) in [7, 11) is 2.17. The van der Waals surface area contributed by atoms with Crippen molar-refractivity contribution < 1.29 is 4.74 Å². The average Bonchev–Trinajstić information content (AvgIpc) is 2.35. The van der Waals surface area contributed by atoms with Gasteiger partial charge in [-0.05, 0) is 32.9 Å². The van der Waals surface area contributed by atoms with Gasteiger partial charge in [-0.3, -0.25) is 0 Å². The van der Waals surface area contributed by atoms with Crippen LogP contribution >= 0.6 is 0 Å². The van der Waals surface area contributed by atoms with Crippen molar-refractivity contribution in [2.75, 3.05) is 20.1 Å². The molecule has 98 valence electrons. The fourth-order valence-corrected chi connectivity index (χ4v) is 3.17. The van der Waals surface area contributed by atoms with Gasteiger partial charge in [-0.25, -0.2) is 0 Å². The summed E-state index contributed by atoms with van der Waals surface area (Å²) in [5.41, 5.74) is 8.78. The first kappa shape index (κ1) is 12.0. The van der Waals surface area contributed by atoms with E-state index in [0.29, 0.717) is 0 Å². The maximum atomic E-state index is 6.36. The van der Waals surface area contributed by atoms with E-state index in [1.165, 1.54) is 11.1 Å². The van der Waals surface area contributed by atoms with E-state index < -0.39 is 0 Å². The van der Waals surface area contributed by atoms with Gasteiger partial charge in [0, 0.05) is 31.1 Å². The molecule has 3 heteroatoms. The first-order valence-electron chi connectivity index (χ1n) is 6.82. The monoisotopic (exact) mass is 246 g/mol. The maximum absolute atomic E-state index is 6.36. The molecule has 2 aliphatic heterocycles. The third kappa shape index (κ3) is 2.02. The lowest BCUT2D eigenvalue weighted by molar-refractivity contribution is -0.0164.